The molecule has 1 aromatic rings. The molecule has 1 aliphatic heterocycles. The number of hydrogen-bond acceptors (Lipinski definition) is 5. The molecule has 0 saturated carbocycles. The molecule has 1 aliphatic rings. The Labute approximate surface area is 125 Å². The molecule has 1 saturated heterocycles. The number of nitrogens with one attached hydrogen (secondary N) is 1. The van der Waals surface area contributed by atoms with Gasteiger partial charge in [-0.1, -0.05) is 6.07 Å². The third kappa shape index (κ3) is 4.60. The van der Waals surface area contributed by atoms with E-state index in [0.29, 0.717) is 24.9 Å². The van der Waals surface area contributed by atoms with Crippen LogP contribution < -0.4 is 11.1 Å². The fourth-order valence-corrected chi connectivity index (χ4v) is 2.29. The predicted molar refractivity (Wildman–Crippen MR) is 79.9 cm³/mol. The molecule has 1 fully saturated rings. The molecular weight excluding hydrogens is 270 g/mol. The lowest BCUT2D eigenvalue weighted by Crippen LogP contribution is -2.32. The second kappa shape index (κ2) is 6.30. The summed E-state index contributed by atoms with van der Waals surface area (Å²) in [6, 6.07) is 3.75. The largest absolute Gasteiger partial charge is 0.444 e. The fraction of sp³-hybridized carbons (Fsp3) is 0.600. The molecule has 1 amide bonds. The summed E-state index contributed by atoms with van der Waals surface area (Å²) in [4.78, 5) is 16.1. The van der Waals surface area contributed by atoms with Gasteiger partial charge in [-0.15, -0.1) is 0 Å². The molecular formula is C15H23N3O3. The number of hydrogen-bond donors (Lipinski definition) is 2. The first kappa shape index (κ1) is 15.6. The number of nitrogens with two attached hydrogens (primary N) is 1. The summed E-state index contributed by atoms with van der Waals surface area (Å²) in [6.45, 7) is 7.22. The van der Waals surface area contributed by atoms with Crippen molar-refractivity contribution in [2.75, 3.05) is 18.9 Å². The van der Waals surface area contributed by atoms with Gasteiger partial charge in [0.25, 0.3) is 0 Å². The molecule has 6 nitrogen and oxygen atoms in total. The molecule has 1 atom stereocenters. The summed E-state index contributed by atoms with van der Waals surface area (Å²) < 4.78 is 10.6. The van der Waals surface area contributed by atoms with Gasteiger partial charge in [0, 0.05) is 12.5 Å². The normalized spacial score (nSPS) is 18.5. The molecule has 0 radical (unpaired) electrons. The van der Waals surface area contributed by atoms with E-state index in [2.05, 4.69) is 10.3 Å². The summed E-state index contributed by atoms with van der Waals surface area (Å²) in [6.07, 6.45) is 0.505. The molecule has 0 bridgehead atoms. The SMILES string of the molecule is CC(C)(C)OC(=O)NCc1nc(N)ccc1C1CCOC1. The summed E-state index contributed by atoms with van der Waals surface area (Å²) in [5.74, 6) is 0.757. The smallest absolute Gasteiger partial charge is 0.407 e. The first-order valence-corrected chi connectivity index (χ1v) is 7.15. The first-order chi connectivity index (χ1) is 9.85. The summed E-state index contributed by atoms with van der Waals surface area (Å²) in [5.41, 5.74) is 7.09. The van der Waals surface area contributed by atoms with E-state index in [1.54, 1.807) is 6.07 Å². The highest BCUT2D eigenvalue weighted by Crippen LogP contribution is 2.27. The van der Waals surface area contributed by atoms with E-state index in [9.17, 15) is 4.79 Å². The molecule has 1 unspecified atom stereocenters. The number of carbonyl (C=O) groups excluding carboxylic acids is 1. The van der Waals surface area contributed by atoms with Crippen molar-refractivity contribution in [2.45, 2.75) is 45.3 Å². The monoisotopic (exact) mass is 293 g/mol. The topological polar surface area (TPSA) is 86.5 Å². The molecule has 6 heteroatoms. The van der Waals surface area contributed by atoms with E-state index in [1.165, 1.54) is 0 Å². The van der Waals surface area contributed by atoms with Crippen LogP contribution in [0, 0.1) is 0 Å². The number of amides is 1. The Balaban J connectivity index is 2.04. The van der Waals surface area contributed by atoms with Gasteiger partial charge in [0.15, 0.2) is 0 Å². The van der Waals surface area contributed by atoms with Crippen LogP contribution in [0.1, 0.15) is 44.4 Å². The molecule has 2 heterocycles. The van der Waals surface area contributed by atoms with E-state index in [1.807, 2.05) is 26.8 Å². The molecule has 0 spiro atoms. The number of anilines is 1. The van der Waals surface area contributed by atoms with Crippen molar-refractivity contribution in [3.8, 4) is 0 Å². The van der Waals surface area contributed by atoms with Crippen LogP contribution in [0.25, 0.3) is 0 Å². The van der Waals surface area contributed by atoms with Crippen molar-refractivity contribution < 1.29 is 14.3 Å². The maximum absolute atomic E-state index is 11.7. The van der Waals surface area contributed by atoms with Gasteiger partial charge in [-0.05, 0) is 38.8 Å². The Hall–Kier alpha value is -1.82. The van der Waals surface area contributed by atoms with E-state index in [0.717, 1.165) is 24.3 Å². The van der Waals surface area contributed by atoms with Gasteiger partial charge < -0.3 is 20.5 Å². The maximum atomic E-state index is 11.7. The zero-order valence-electron chi connectivity index (χ0n) is 12.8. The number of nitrogen functional groups attached to an aromatic ring is 1. The van der Waals surface area contributed by atoms with Crippen LogP contribution in [0.15, 0.2) is 12.1 Å². The van der Waals surface area contributed by atoms with E-state index in [-0.39, 0.29) is 0 Å². The number of pyridine rings is 1. The molecule has 0 aliphatic carbocycles. The lowest BCUT2D eigenvalue weighted by atomic mass is 9.97. The van der Waals surface area contributed by atoms with Gasteiger partial charge in [0.05, 0.1) is 18.8 Å². The first-order valence-electron chi connectivity index (χ1n) is 7.15. The maximum Gasteiger partial charge on any atom is 0.407 e. The Morgan fingerprint density at radius 2 is 2.29 bits per heavy atom. The lowest BCUT2D eigenvalue weighted by molar-refractivity contribution is 0.0522. The van der Waals surface area contributed by atoms with Gasteiger partial charge in [-0.25, -0.2) is 9.78 Å². The Bertz CT molecular complexity index is 505. The van der Waals surface area contributed by atoms with Crippen LogP contribution in [0.2, 0.25) is 0 Å². The highest BCUT2D eigenvalue weighted by atomic mass is 16.6. The Kier molecular flexibility index (Phi) is 4.67. The summed E-state index contributed by atoms with van der Waals surface area (Å²) in [5, 5.41) is 2.73. The third-order valence-corrected chi connectivity index (χ3v) is 3.20. The van der Waals surface area contributed by atoms with Crippen LogP contribution in [-0.2, 0) is 16.0 Å². The van der Waals surface area contributed by atoms with E-state index >= 15 is 0 Å². The number of aromatic nitrogens is 1. The Morgan fingerprint density at radius 1 is 1.52 bits per heavy atom. The Morgan fingerprint density at radius 3 is 2.90 bits per heavy atom. The number of carbonyl (C=O) groups is 1. The predicted octanol–water partition coefficient (Wildman–Crippen LogP) is 2.19. The quantitative estimate of drug-likeness (QED) is 0.892. The zero-order valence-corrected chi connectivity index (χ0v) is 12.8. The van der Waals surface area contributed by atoms with Crippen molar-refractivity contribution in [1.29, 1.82) is 0 Å². The van der Waals surface area contributed by atoms with Gasteiger partial charge in [0.2, 0.25) is 0 Å². The minimum atomic E-state index is -0.519. The van der Waals surface area contributed by atoms with Crippen molar-refractivity contribution in [3.63, 3.8) is 0 Å². The minimum absolute atomic E-state index is 0.297. The summed E-state index contributed by atoms with van der Waals surface area (Å²) >= 11 is 0. The van der Waals surface area contributed by atoms with Crippen LogP contribution in [-0.4, -0.2) is 29.9 Å². The molecule has 0 aromatic carbocycles. The van der Waals surface area contributed by atoms with Crippen LogP contribution in [0.5, 0.6) is 0 Å². The van der Waals surface area contributed by atoms with Crippen molar-refractivity contribution in [1.82, 2.24) is 10.3 Å². The van der Waals surface area contributed by atoms with Crippen LogP contribution >= 0.6 is 0 Å². The van der Waals surface area contributed by atoms with E-state index < -0.39 is 11.7 Å². The summed E-state index contributed by atoms with van der Waals surface area (Å²) in [7, 11) is 0. The van der Waals surface area contributed by atoms with Gasteiger partial charge in [0.1, 0.15) is 11.4 Å². The van der Waals surface area contributed by atoms with Gasteiger partial charge in [-0.2, -0.15) is 0 Å². The number of ether oxygens (including phenoxy) is 2. The molecule has 21 heavy (non-hydrogen) atoms. The third-order valence-electron chi connectivity index (χ3n) is 3.20. The minimum Gasteiger partial charge on any atom is -0.444 e. The second-order valence-corrected chi connectivity index (χ2v) is 6.19. The number of nitrogens with zero attached hydrogens (tertiary/aromatic N) is 1. The van der Waals surface area contributed by atoms with E-state index in [4.69, 9.17) is 15.2 Å². The zero-order chi connectivity index (χ0) is 15.5. The average molecular weight is 293 g/mol. The van der Waals surface area contributed by atoms with Crippen LogP contribution in [0.4, 0.5) is 10.6 Å². The van der Waals surface area contributed by atoms with Gasteiger partial charge in [-0.3, -0.25) is 0 Å². The van der Waals surface area contributed by atoms with Crippen molar-refractivity contribution in [3.05, 3.63) is 23.4 Å². The van der Waals surface area contributed by atoms with Crippen LogP contribution in [0.3, 0.4) is 0 Å². The molecule has 1 aromatic heterocycles. The molecule has 3 N–H and O–H groups in total. The second-order valence-electron chi connectivity index (χ2n) is 6.19. The number of rotatable bonds is 3. The lowest BCUT2D eigenvalue weighted by Gasteiger charge is -2.20. The average Bonchev–Trinajstić information content (AvgIpc) is 2.88. The standard InChI is InChI=1S/C15H23N3O3/c1-15(2,3)21-14(19)17-8-12-11(4-5-13(16)18-12)10-6-7-20-9-10/h4-5,10H,6-9H2,1-3H3,(H2,16,18)(H,17,19). The molecule has 116 valence electrons. The van der Waals surface area contributed by atoms with Crippen molar-refractivity contribution >= 4 is 11.9 Å². The van der Waals surface area contributed by atoms with Gasteiger partial charge >= 0.3 is 6.09 Å². The highest BCUT2D eigenvalue weighted by molar-refractivity contribution is 5.67. The highest BCUT2D eigenvalue weighted by Gasteiger charge is 2.22. The van der Waals surface area contributed by atoms with Crippen molar-refractivity contribution in [2.24, 2.45) is 0 Å². The molecule has 2 rings (SSSR count). The fourth-order valence-electron chi connectivity index (χ4n) is 2.29. The number of alkyl carbamates (subject to hydrolysis) is 1.